The number of thiocarbonyl (C=S) groups is 1. The second-order valence-electron chi connectivity index (χ2n) is 4.81. The van der Waals surface area contributed by atoms with Gasteiger partial charge in [0.1, 0.15) is 4.32 Å². The summed E-state index contributed by atoms with van der Waals surface area (Å²) in [5, 5.41) is 4.66. The number of thiazole rings is 1. The van der Waals surface area contributed by atoms with Crippen LogP contribution in [0.25, 0.3) is 0 Å². The first-order valence-electron chi connectivity index (χ1n) is 7.77. The molecule has 1 aromatic rings. The summed E-state index contributed by atoms with van der Waals surface area (Å²) in [4.78, 5) is 29.9. The third-order valence-corrected chi connectivity index (χ3v) is 5.46. The van der Waals surface area contributed by atoms with Crippen LogP contribution in [-0.2, 0) is 20.7 Å². The van der Waals surface area contributed by atoms with E-state index in [4.69, 9.17) is 17.0 Å². The van der Waals surface area contributed by atoms with E-state index >= 15 is 0 Å². The SMILES string of the molecule is CCOC(=O)Cc1csc(NC(=O)C(C)SC(=S)N(CC)CC)n1. The third kappa shape index (κ3) is 6.74. The maximum atomic E-state index is 12.2. The molecule has 0 radical (unpaired) electrons. The van der Waals surface area contributed by atoms with Crippen molar-refractivity contribution in [2.75, 3.05) is 25.0 Å². The standard InChI is InChI=1S/C15H23N3O3S3/c1-5-18(6-2)15(22)24-10(4)13(20)17-14-16-11(9-23-14)8-12(19)21-7-3/h9-10H,5-8H2,1-4H3,(H,16,17,20). The smallest absolute Gasteiger partial charge is 0.311 e. The molecule has 134 valence electrons. The summed E-state index contributed by atoms with van der Waals surface area (Å²) in [6, 6.07) is 0. The summed E-state index contributed by atoms with van der Waals surface area (Å²) in [7, 11) is 0. The van der Waals surface area contributed by atoms with Crippen molar-refractivity contribution >= 4 is 56.6 Å². The van der Waals surface area contributed by atoms with E-state index < -0.39 is 0 Å². The molecule has 0 aliphatic carbocycles. The summed E-state index contributed by atoms with van der Waals surface area (Å²) in [5.41, 5.74) is 0.590. The lowest BCUT2D eigenvalue weighted by atomic mass is 10.3. The number of nitrogens with zero attached hydrogens (tertiary/aromatic N) is 2. The number of carbonyl (C=O) groups excluding carboxylic acids is 2. The summed E-state index contributed by atoms with van der Waals surface area (Å²) in [5.74, 6) is -0.485. The molecule has 24 heavy (non-hydrogen) atoms. The van der Waals surface area contributed by atoms with E-state index in [1.165, 1.54) is 23.1 Å². The number of hydrogen-bond donors (Lipinski definition) is 1. The van der Waals surface area contributed by atoms with Gasteiger partial charge in [0, 0.05) is 18.5 Å². The van der Waals surface area contributed by atoms with Crippen molar-refractivity contribution in [1.29, 1.82) is 0 Å². The zero-order valence-corrected chi connectivity index (χ0v) is 16.8. The van der Waals surface area contributed by atoms with E-state index in [-0.39, 0.29) is 23.5 Å². The average molecular weight is 390 g/mol. The third-order valence-electron chi connectivity index (χ3n) is 3.08. The fourth-order valence-corrected chi connectivity index (χ4v) is 4.05. The average Bonchev–Trinajstić information content (AvgIpc) is 2.95. The Bertz CT molecular complexity index is 573. The van der Waals surface area contributed by atoms with E-state index in [1.807, 2.05) is 25.7 Å². The highest BCUT2D eigenvalue weighted by Gasteiger charge is 2.19. The fourth-order valence-electron chi connectivity index (χ4n) is 1.77. The number of aromatic nitrogens is 1. The molecule has 1 heterocycles. The van der Waals surface area contributed by atoms with E-state index in [9.17, 15) is 9.59 Å². The highest BCUT2D eigenvalue weighted by Crippen LogP contribution is 2.20. The summed E-state index contributed by atoms with van der Waals surface area (Å²) in [6.07, 6.45) is 0.108. The van der Waals surface area contributed by atoms with E-state index in [0.29, 0.717) is 21.8 Å². The van der Waals surface area contributed by atoms with Gasteiger partial charge >= 0.3 is 5.97 Å². The molecule has 0 aliphatic rings. The van der Waals surface area contributed by atoms with Crippen molar-refractivity contribution in [1.82, 2.24) is 9.88 Å². The predicted molar refractivity (Wildman–Crippen MR) is 104 cm³/mol. The molecule has 9 heteroatoms. The Labute approximate surface area is 156 Å². The van der Waals surface area contributed by atoms with E-state index in [0.717, 1.165) is 13.1 Å². The molecule has 0 fully saturated rings. The highest BCUT2D eigenvalue weighted by atomic mass is 32.2. The van der Waals surface area contributed by atoms with Crippen LogP contribution in [0, 0.1) is 0 Å². The van der Waals surface area contributed by atoms with Crippen LogP contribution in [0.4, 0.5) is 5.13 Å². The number of nitrogens with one attached hydrogen (secondary N) is 1. The van der Waals surface area contributed by atoms with Gasteiger partial charge in [0.15, 0.2) is 5.13 Å². The molecule has 1 unspecified atom stereocenters. The monoisotopic (exact) mass is 389 g/mol. The molecule has 0 aromatic carbocycles. The molecule has 0 spiro atoms. The lowest BCUT2D eigenvalue weighted by Crippen LogP contribution is -2.31. The molecule has 1 N–H and O–H groups in total. The number of esters is 1. The lowest BCUT2D eigenvalue weighted by molar-refractivity contribution is -0.142. The van der Waals surface area contributed by atoms with Crippen LogP contribution in [0.5, 0.6) is 0 Å². The van der Waals surface area contributed by atoms with Crippen molar-refractivity contribution in [3.05, 3.63) is 11.1 Å². The molecular weight excluding hydrogens is 366 g/mol. The van der Waals surface area contributed by atoms with E-state index in [1.54, 1.807) is 12.3 Å². The van der Waals surface area contributed by atoms with E-state index in [2.05, 4.69) is 10.3 Å². The fraction of sp³-hybridized carbons (Fsp3) is 0.600. The van der Waals surface area contributed by atoms with Crippen molar-refractivity contribution in [2.45, 2.75) is 39.4 Å². The zero-order valence-electron chi connectivity index (χ0n) is 14.3. The molecule has 1 atom stereocenters. The van der Waals surface area contributed by atoms with Crippen LogP contribution in [0.2, 0.25) is 0 Å². The van der Waals surface area contributed by atoms with Crippen molar-refractivity contribution < 1.29 is 14.3 Å². The summed E-state index contributed by atoms with van der Waals surface area (Å²) >= 11 is 8.00. The second-order valence-corrected chi connectivity index (χ2v) is 7.65. The Balaban J connectivity index is 2.54. The quantitative estimate of drug-likeness (QED) is 0.541. The number of carbonyl (C=O) groups is 2. The Morgan fingerprint density at radius 3 is 2.67 bits per heavy atom. The number of amides is 1. The Kier molecular flexibility index (Phi) is 9.24. The van der Waals surface area contributed by atoms with Gasteiger partial charge in [-0.05, 0) is 27.7 Å². The topological polar surface area (TPSA) is 71.5 Å². The molecule has 1 aromatic heterocycles. The number of thioether (sulfide) groups is 1. The Hall–Kier alpha value is -1.19. The van der Waals surface area contributed by atoms with Gasteiger partial charge in [-0.1, -0.05) is 24.0 Å². The van der Waals surface area contributed by atoms with Gasteiger partial charge in [-0.15, -0.1) is 11.3 Å². The van der Waals surface area contributed by atoms with Crippen LogP contribution < -0.4 is 5.32 Å². The Morgan fingerprint density at radius 2 is 2.08 bits per heavy atom. The van der Waals surface area contributed by atoms with Gasteiger partial charge in [0.05, 0.1) is 24.0 Å². The molecule has 0 saturated carbocycles. The van der Waals surface area contributed by atoms with Gasteiger partial charge < -0.3 is 15.0 Å². The van der Waals surface area contributed by atoms with Crippen molar-refractivity contribution in [3.8, 4) is 0 Å². The first-order chi connectivity index (χ1) is 11.4. The largest absolute Gasteiger partial charge is 0.466 e. The van der Waals surface area contributed by atoms with Gasteiger partial charge in [-0.25, -0.2) is 4.98 Å². The molecule has 1 amide bonds. The van der Waals surface area contributed by atoms with Gasteiger partial charge in [-0.3, -0.25) is 9.59 Å². The molecule has 0 saturated heterocycles. The van der Waals surface area contributed by atoms with Crippen molar-refractivity contribution in [3.63, 3.8) is 0 Å². The summed E-state index contributed by atoms with van der Waals surface area (Å²) in [6.45, 7) is 9.60. The lowest BCUT2D eigenvalue weighted by Gasteiger charge is -2.22. The van der Waals surface area contributed by atoms with Crippen LogP contribution in [0.15, 0.2) is 5.38 Å². The minimum atomic E-state index is -0.325. The van der Waals surface area contributed by atoms with Crippen LogP contribution in [-0.4, -0.2) is 51.0 Å². The van der Waals surface area contributed by atoms with Gasteiger partial charge in [-0.2, -0.15) is 0 Å². The first kappa shape index (κ1) is 20.9. The number of rotatable bonds is 8. The van der Waals surface area contributed by atoms with Crippen LogP contribution in [0.1, 0.15) is 33.4 Å². The minimum Gasteiger partial charge on any atom is -0.466 e. The summed E-state index contributed by atoms with van der Waals surface area (Å²) < 4.78 is 5.59. The van der Waals surface area contributed by atoms with Crippen LogP contribution in [0.3, 0.4) is 0 Å². The normalized spacial score (nSPS) is 11.7. The maximum Gasteiger partial charge on any atom is 0.311 e. The second kappa shape index (κ2) is 10.6. The maximum absolute atomic E-state index is 12.2. The number of hydrogen-bond acceptors (Lipinski definition) is 7. The van der Waals surface area contributed by atoms with Gasteiger partial charge in [0.25, 0.3) is 0 Å². The predicted octanol–water partition coefficient (Wildman–Crippen LogP) is 2.94. The minimum absolute atomic E-state index is 0.108. The molecule has 0 aliphatic heterocycles. The molecular formula is C15H23N3O3S3. The first-order valence-corrected chi connectivity index (χ1v) is 9.94. The Morgan fingerprint density at radius 1 is 1.42 bits per heavy atom. The molecule has 6 nitrogen and oxygen atoms in total. The van der Waals surface area contributed by atoms with Crippen molar-refractivity contribution in [2.24, 2.45) is 0 Å². The van der Waals surface area contributed by atoms with Crippen LogP contribution >= 0.6 is 35.3 Å². The number of ether oxygens (including phenoxy) is 1. The molecule has 1 rings (SSSR count). The van der Waals surface area contributed by atoms with Gasteiger partial charge in [0.2, 0.25) is 5.91 Å². The zero-order chi connectivity index (χ0) is 18.1. The number of anilines is 1. The highest BCUT2D eigenvalue weighted by molar-refractivity contribution is 8.23. The molecule has 0 bridgehead atoms.